The molecule has 2 heteroatoms. The SMILES string of the molecule is Cc1ccc(C2=CN(c3ccccc3)C(O)C=C2)cc1. The lowest BCUT2D eigenvalue weighted by Crippen LogP contribution is -2.30. The number of benzene rings is 2. The number of aryl methyl sites for hydroxylation is 1. The van der Waals surface area contributed by atoms with Crippen molar-refractivity contribution in [3.8, 4) is 0 Å². The summed E-state index contributed by atoms with van der Waals surface area (Å²) in [4.78, 5) is 1.87. The minimum Gasteiger partial charge on any atom is -0.370 e. The Kier molecular flexibility index (Phi) is 3.40. The number of allylic oxidation sites excluding steroid dienone is 2. The first-order valence-electron chi connectivity index (χ1n) is 6.72. The van der Waals surface area contributed by atoms with Gasteiger partial charge in [-0.2, -0.15) is 0 Å². The van der Waals surface area contributed by atoms with Gasteiger partial charge in [-0.1, -0.05) is 54.1 Å². The number of rotatable bonds is 2. The van der Waals surface area contributed by atoms with Crippen molar-refractivity contribution in [3.63, 3.8) is 0 Å². The molecule has 20 heavy (non-hydrogen) atoms. The summed E-state index contributed by atoms with van der Waals surface area (Å²) in [6.07, 6.45) is 5.15. The molecule has 1 atom stereocenters. The normalized spacial score (nSPS) is 18.0. The van der Waals surface area contributed by atoms with E-state index in [2.05, 4.69) is 31.2 Å². The van der Waals surface area contributed by atoms with Gasteiger partial charge in [0.1, 0.15) is 6.23 Å². The molecule has 2 aromatic carbocycles. The van der Waals surface area contributed by atoms with Crippen LogP contribution in [-0.4, -0.2) is 11.3 Å². The maximum atomic E-state index is 10.1. The first-order valence-corrected chi connectivity index (χ1v) is 6.72. The Balaban J connectivity index is 1.96. The van der Waals surface area contributed by atoms with E-state index in [-0.39, 0.29) is 0 Å². The summed E-state index contributed by atoms with van der Waals surface area (Å²) in [5, 5.41) is 10.1. The van der Waals surface area contributed by atoms with Crippen LogP contribution in [0.15, 0.2) is 72.9 Å². The van der Waals surface area contributed by atoms with Crippen molar-refractivity contribution in [1.82, 2.24) is 0 Å². The second kappa shape index (κ2) is 5.35. The predicted octanol–water partition coefficient (Wildman–Crippen LogP) is 3.73. The molecule has 2 aromatic rings. The largest absolute Gasteiger partial charge is 0.370 e. The quantitative estimate of drug-likeness (QED) is 0.892. The van der Waals surface area contributed by atoms with Crippen molar-refractivity contribution in [1.29, 1.82) is 0 Å². The number of para-hydroxylation sites is 1. The second-order valence-corrected chi connectivity index (χ2v) is 4.97. The van der Waals surface area contributed by atoms with Crippen molar-refractivity contribution >= 4 is 11.3 Å². The highest BCUT2D eigenvalue weighted by Crippen LogP contribution is 2.26. The van der Waals surface area contributed by atoms with Crippen LogP contribution in [0.5, 0.6) is 0 Å². The molecule has 0 saturated heterocycles. The van der Waals surface area contributed by atoms with E-state index in [4.69, 9.17) is 0 Å². The Bertz CT molecular complexity index is 641. The minimum atomic E-state index is -0.619. The summed E-state index contributed by atoms with van der Waals surface area (Å²) in [6.45, 7) is 2.08. The third kappa shape index (κ3) is 2.51. The zero-order valence-corrected chi connectivity index (χ0v) is 11.4. The molecule has 1 aliphatic heterocycles. The smallest absolute Gasteiger partial charge is 0.150 e. The number of anilines is 1. The Labute approximate surface area is 119 Å². The highest BCUT2D eigenvalue weighted by Gasteiger charge is 2.16. The van der Waals surface area contributed by atoms with Crippen molar-refractivity contribution in [2.75, 3.05) is 4.90 Å². The summed E-state index contributed by atoms with van der Waals surface area (Å²) in [5.74, 6) is 0. The van der Waals surface area contributed by atoms with Gasteiger partial charge in [-0.3, -0.25) is 0 Å². The summed E-state index contributed by atoms with van der Waals surface area (Å²) in [7, 11) is 0. The zero-order chi connectivity index (χ0) is 13.9. The first-order chi connectivity index (χ1) is 9.74. The van der Waals surface area contributed by atoms with E-state index >= 15 is 0 Å². The van der Waals surface area contributed by atoms with E-state index < -0.39 is 6.23 Å². The average Bonchev–Trinajstić information content (AvgIpc) is 2.50. The van der Waals surface area contributed by atoms with Gasteiger partial charge >= 0.3 is 0 Å². The third-order valence-corrected chi connectivity index (χ3v) is 3.45. The lowest BCUT2D eigenvalue weighted by Gasteiger charge is -2.28. The van der Waals surface area contributed by atoms with Crippen molar-refractivity contribution < 1.29 is 5.11 Å². The van der Waals surface area contributed by atoms with Crippen LogP contribution in [-0.2, 0) is 0 Å². The van der Waals surface area contributed by atoms with Crippen LogP contribution < -0.4 is 4.90 Å². The fourth-order valence-corrected chi connectivity index (χ4v) is 2.30. The van der Waals surface area contributed by atoms with Gasteiger partial charge in [-0.05, 0) is 36.3 Å². The number of hydrogen-bond acceptors (Lipinski definition) is 2. The van der Waals surface area contributed by atoms with Gasteiger partial charge in [0.2, 0.25) is 0 Å². The van der Waals surface area contributed by atoms with Gasteiger partial charge in [0.05, 0.1) is 0 Å². The fourth-order valence-electron chi connectivity index (χ4n) is 2.30. The van der Waals surface area contributed by atoms with Crippen LogP contribution in [0, 0.1) is 6.92 Å². The average molecular weight is 263 g/mol. The first kappa shape index (κ1) is 12.7. The number of aliphatic hydroxyl groups is 1. The zero-order valence-electron chi connectivity index (χ0n) is 11.4. The molecule has 1 N–H and O–H groups in total. The Morgan fingerprint density at radius 2 is 1.65 bits per heavy atom. The molecular weight excluding hydrogens is 246 g/mol. The number of nitrogens with zero attached hydrogens (tertiary/aromatic N) is 1. The van der Waals surface area contributed by atoms with E-state index in [0.717, 1.165) is 16.8 Å². The minimum absolute atomic E-state index is 0.619. The molecule has 1 aliphatic rings. The Morgan fingerprint density at radius 3 is 2.35 bits per heavy atom. The molecule has 0 bridgehead atoms. The fraction of sp³-hybridized carbons (Fsp3) is 0.111. The monoisotopic (exact) mass is 263 g/mol. The summed E-state index contributed by atoms with van der Waals surface area (Å²) < 4.78 is 0. The molecule has 0 aromatic heterocycles. The van der Waals surface area contributed by atoms with Crippen molar-refractivity contribution in [2.24, 2.45) is 0 Å². The lowest BCUT2D eigenvalue weighted by atomic mass is 10.0. The van der Waals surface area contributed by atoms with E-state index in [0.29, 0.717) is 0 Å². The van der Waals surface area contributed by atoms with Crippen LogP contribution in [0.4, 0.5) is 5.69 Å². The highest BCUT2D eigenvalue weighted by atomic mass is 16.3. The molecule has 3 rings (SSSR count). The van der Waals surface area contributed by atoms with E-state index in [1.165, 1.54) is 5.56 Å². The summed E-state index contributed by atoms with van der Waals surface area (Å²) in [6, 6.07) is 18.3. The molecule has 0 aliphatic carbocycles. The van der Waals surface area contributed by atoms with Crippen LogP contribution in [0.3, 0.4) is 0 Å². The van der Waals surface area contributed by atoms with Crippen LogP contribution in [0.1, 0.15) is 11.1 Å². The topological polar surface area (TPSA) is 23.5 Å². The molecule has 0 spiro atoms. The van der Waals surface area contributed by atoms with Gasteiger partial charge in [-0.15, -0.1) is 0 Å². The molecule has 0 amide bonds. The van der Waals surface area contributed by atoms with Crippen molar-refractivity contribution in [3.05, 3.63) is 84.1 Å². The third-order valence-electron chi connectivity index (χ3n) is 3.45. The van der Waals surface area contributed by atoms with E-state index in [1.807, 2.05) is 53.6 Å². The van der Waals surface area contributed by atoms with Gasteiger partial charge in [0.15, 0.2) is 0 Å². The molecule has 0 saturated carbocycles. The second-order valence-electron chi connectivity index (χ2n) is 4.97. The van der Waals surface area contributed by atoms with Crippen LogP contribution in [0.2, 0.25) is 0 Å². The molecule has 2 nitrogen and oxygen atoms in total. The van der Waals surface area contributed by atoms with E-state index in [1.54, 1.807) is 0 Å². The van der Waals surface area contributed by atoms with Gasteiger partial charge in [0, 0.05) is 11.9 Å². The molecule has 1 heterocycles. The molecule has 0 fully saturated rings. The summed E-state index contributed by atoms with van der Waals surface area (Å²) in [5.41, 5.74) is 4.47. The van der Waals surface area contributed by atoms with Crippen molar-refractivity contribution in [2.45, 2.75) is 13.2 Å². The summed E-state index contributed by atoms with van der Waals surface area (Å²) >= 11 is 0. The highest BCUT2D eigenvalue weighted by molar-refractivity contribution is 5.78. The maximum Gasteiger partial charge on any atom is 0.150 e. The van der Waals surface area contributed by atoms with Crippen LogP contribution in [0.25, 0.3) is 5.57 Å². The molecule has 0 radical (unpaired) electrons. The number of hydrogen-bond donors (Lipinski definition) is 1. The maximum absolute atomic E-state index is 10.1. The lowest BCUT2D eigenvalue weighted by molar-refractivity contribution is 0.227. The number of aliphatic hydroxyl groups excluding tert-OH is 1. The predicted molar refractivity (Wildman–Crippen MR) is 83.2 cm³/mol. The Hall–Kier alpha value is -2.32. The molecular formula is C18H17NO. The van der Waals surface area contributed by atoms with Gasteiger partial charge < -0.3 is 10.0 Å². The standard InChI is InChI=1S/C18H17NO/c1-14-7-9-15(10-8-14)16-11-12-18(20)19(13-16)17-5-3-2-4-6-17/h2-13,18,20H,1H3. The van der Waals surface area contributed by atoms with Crippen LogP contribution >= 0.6 is 0 Å². The van der Waals surface area contributed by atoms with E-state index in [9.17, 15) is 5.11 Å². The Morgan fingerprint density at radius 1 is 0.950 bits per heavy atom. The molecule has 100 valence electrons. The van der Waals surface area contributed by atoms with Gasteiger partial charge in [-0.25, -0.2) is 0 Å². The van der Waals surface area contributed by atoms with Gasteiger partial charge in [0.25, 0.3) is 0 Å². The molecule has 1 unspecified atom stereocenters.